The largest absolute Gasteiger partial charge is 0.389 e. The number of aliphatic hydroxyl groups excluding tert-OH is 1. The molecule has 78 valence electrons. The minimum Gasteiger partial charge on any atom is -0.389 e. The molecule has 0 saturated carbocycles. The van der Waals surface area contributed by atoms with Gasteiger partial charge in [0.05, 0.1) is 6.10 Å². The molecule has 1 nitrogen and oxygen atoms in total. The summed E-state index contributed by atoms with van der Waals surface area (Å²) in [7, 11) is 0. The van der Waals surface area contributed by atoms with Crippen molar-refractivity contribution < 1.29 is 5.11 Å². The van der Waals surface area contributed by atoms with Gasteiger partial charge in [-0.15, -0.1) is 6.58 Å². The second kappa shape index (κ2) is 6.80. The van der Waals surface area contributed by atoms with Crippen LogP contribution in [-0.4, -0.2) is 11.2 Å². The van der Waals surface area contributed by atoms with Crippen LogP contribution in [0.1, 0.15) is 12.0 Å². The highest BCUT2D eigenvalue weighted by molar-refractivity contribution is 5.50. The van der Waals surface area contributed by atoms with E-state index in [9.17, 15) is 5.11 Å². The van der Waals surface area contributed by atoms with Gasteiger partial charge in [-0.3, -0.25) is 0 Å². The predicted molar refractivity (Wildman–Crippen MR) is 65.4 cm³/mol. The molecule has 1 N–H and O–H groups in total. The van der Waals surface area contributed by atoms with Gasteiger partial charge in [-0.25, -0.2) is 0 Å². The van der Waals surface area contributed by atoms with Crippen molar-refractivity contribution in [2.45, 2.75) is 12.5 Å². The van der Waals surface area contributed by atoms with Crippen molar-refractivity contribution in [2.24, 2.45) is 0 Å². The van der Waals surface area contributed by atoms with Gasteiger partial charge in [-0.05, 0) is 12.0 Å². The van der Waals surface area contributed by atoms with E-state index in [1.807, 2.05) is 48.6 Å². The minimum absolute atomic E-state index is 0.428. The van der Waals surface area contributed by atoms with Crippen LogP contribution >= 0.6 is 0 Å². The monoisotopic (exact) mass is 200 g/mol. The molecule has 0 aliphatic carbocycles. The summed E-state index contributed by atoms with van der Waals surface area (Å²) in [5, 5.41) is 9.35. The number of rotatable bonds is 5. The van der Waals surface area contributed by atoms with Gasteiger partial charge < -0.3 is 5.11 Å². The van der Waals surface area contributed by atoms with Crippen molar-refractivity contribution in [3.05, 3.63) is 66.8 Å². The number of hydrogen-bond acceptors (Lipinski definition) is 1. The maximum absolute atomic E-state index is 9.35. The van der Waals surface area contributed by atoms with E-state index in [0.29, 0.717) is 6.42 Å². The minimum atomic E-state index is -0.428. The third-order valence-electron chi connectivity index (χ3n) is 1.94. The van der Waals surface area contributed by atoms with Crippen LogP contribution in [0.25, 0.3) is 6.08 Å². The molecule has 0 amide bonds. The zero-order valence-electron chi connectivity index (χ0n) is 8.71. The molecule has 0 fully saturated rings. The number of benzene rings is 1. The van der Waals surface area contributed by atoms with Crippen molar-refractivity contribution >= 4 is 6.08 Å². The molecular weight excluding hydrogens is 184 g/mol. The second-order valence-corrected chi connectivity index (χ2v) is 3.25. The van der Waals surface area contributed by atoms with Crippen molar-refractivity contribution in [1.29, 1.82) is 0 Å². The Balaban J connectivity index is 2.43. The quantitative estimate of drug-likeness (QED) is 0.571. The zero-order chi connectivity index (χ0) is 10.9. The highest BCUT2D eigenvalue weighted by Crippen LogP contribution is 2.01. The molecular formula is C14H16O. The van der Waals surface area contributed by atoms with Crippen LogP contribution in [0.5, 0.6) is 0 Å². The Kier molecular flexibility index (Phi) is 5.20. The van der Waals surface area contributed by atoms with Crippen LogP contribution in [0.2, 0.25) is 0 Å². The molecule has 1 rings (SSSR count). The summed E-state index contributed by atoms with van der Waals surface area (Å²) in [6.07, 6.45) is 9.38. The fourth-order valence-corrected chi connectivity index (χ4v) is 1.17. The van der Waals surface area contributed by atoms with E-state index in [1.165, 1.54) is 0 Å². The number of allylic oxidation sites excluding steroid dienone is 2. The zero-order valence-corrected chi connectivity index (χ0v) is 8.71. The van der Waals surface area contributed by atoms with Crippen molar-refractivity contribution in [3.63, 3.8) is 0 Å². The highest BCUT2D eigenvalue weighted by atomic mass is 16.3. The van der Waals surface area contributed by atoms with E-state index in [0.717, 1.165) is 5.56 Å². The van der Waals surface area contributed by atoms with E-state index in [2.05, 4.69) is 6.58 Å². The SMILES string of the molecule is C=CC[C@H](O)/C=C\C=C\c1ccccc1. The van der Waals surface area contributed by atoms with Gasteiger partial charge in [0.15, 0.2) is 0 Å². The van der Waals surface area contributed by atoms with Crippen LogP contribution in [-0.2, 0) is 0 Å². The normalized spacial score (nSPS) is 13.4. The van der Waals surface area contributed by atoms with Gasteiger partial charge >= 0.3 is 0 Å². The molecule has 1 aromatic rings. The van der Waals surface area contributed by atoms with Gasteiger partial charge in [0.2, 0.25) is 0 Å². The van der Waals surface area contributed by atoms with Crippen LogP contribution in [0.3, 0.4) is 0 Å². The Morgan fingerprint density at radius 1 is 1.20 bits per heavy atom. The van der Waals surface area contributed by atoms with Gasteiger partial charge in [0.25, 0.3) is 0 Å². The molecule has 0 radical (unpaired) electrons. The maximum atomic E-state index is 9.35. The van der Waals surface area contributed by atoms with Crippen LogP contribution in [0.4, 0.5) is 0 Å². The lowest BCUT2D eigenvalue weighted by Crippen LogP contribution is -1.98. The maximum Gasteiger partial charge on any atom is 0.0758 e. The van der Waals surface area contributed by atoms with Crippen molar-refractivity contribution in [2.75, 3.05) is 0 Å². The summed E-state index contributed by atoms with van der Waals surface area (Å²) >= 11 is 0. The Morgan fingerprint density at radius 3 is 2.60 bits per heavy atom. The summed E-state index contributed by atoms with van der Waals surface area (Å²) in [5.41, 5.74) is 1.15. The molecule has 0 unspecified atom stereocenters. The smallest absolute Gasteiger partial charge is 0.0758 e. The first-order valence-corrected chi connectivity index (χ1v) is 5.02. The van der Waals surface area contributed by atoms with Crippen LogP contribution in [0, 0.1) is 0 Å². The van der Waals surface area contributed by atoms with E-state index < -0.39 is 6.10 Å². The van der Waals surface area contributed by atoms with E-state index in [1.54, 1.807) is 12.2 Å². The third kappa shape index (κ3) is 4.99. The lowest BCUT2D eigenvalue weighted by molar-refractivity contribution is 0.227. The first kappa shape index (κ1) is 11.5. The molecule has 1 atom stereocenters. The molecule has 0 aliphatic heterocycles. The van der Waals surface area contributed by atoms with E-state index in [4.69, 9.17) is 0 Å². The summed E-state index contributed by atoms with van der Waals surface area (Å²) < 4.78 is 0. The average Bonchev–Trinajstić information content (AvgIpc) is 2.26. The van der Waals surface area contributed by atoms with E-state index in [-0.39, 0.29) is 0 Å². The van der Waals surface area contributed by atoms with Crippen LogP contribution < -0.4 is 0 Å². The highest BCUT2D eigenvalue weighted by Gasteiger charge is 1.91. The predicted octanol–water partition coefficient (Wildman–Crippen LogP) is 3.19. The van der Waals surface area contributed by atoms with E-state index >= 15 is 0 Å². The molecule has 0 aliphatic rings. The Labute approximate surface area is 91.1 Å². The third-order valence-corrected chi connectivity index (χ3v) is 1.94. The standard InChI is InChI=1S/C14H16O/c1-2-8-14(15)12-7-6-11-13-9-4-3-5-10-13/h2-7,9-12,14-15H,1,8H2/b11-6+,12-7-/t14-/m0/s1. The molecule has 0 heterocycles. The average molecular weight is 200 g/mol. The lowest BCUT2D eigenvalue weighted by Gasteiger charge is -1.97. The number of aliphatic hydroxyl groups is 1. The molecule has 1 heteroatoms. The topological polar surface area (TPSA) is 20.2 Å². The molecule has 15 heavy (non-hydrogen) atoms. The molecule has 0 spiro atoms. The summed E-state index contributed by atoms with van der Waals surface area (Å²) in [4.78, 5) is 0. The Hall–Kier alpha value is -1.60. The Bertz CT molecular complexity index is 336. The van der Waals surface area contributed by atoms with Gasteiger partial charge in [-0.2, -0.15) is 0 Å². The second-order valence-electron chi connectivity index (χ2n) is 3.25. The fraction of sp³-hybridized carbons (Fsp3) is 0.143. The van der Waals surface area contributed by atoms with Crippen LogP contribution in [0.15, 0.2) is 61.2 Å². The molecule has 1 aromatic carbocycles. The summed E-state index contributed by atoms with van der Waals surface area (Å²) in [6, 6.07) is 10.0. The Morgan fingerprint density at radius 2 is 1.93 bits per heavy atom. The summed E-state index contributed by atoms with van der Waals surface area (Å²) in [6.45, 7) is 3.56. The fourth-order valence-electron chi connectivity index (χ4n) is 1.17. The first-order valence-electron chi connectivity index (χ1n) is 5.02. The van der Waals surface area contributed by atoms with Gasteiger partial charge in [-0.1, -0.05) is 60.7 Å². The first-order chi connectivity index (χ1) is 7.33. The van der Waals surface area contributed by atoms with Gasteiger partial charge in [0, 0.05) is 0 Å². The molecule has 0 aromatic heterocycles. The number of hydrogen-bond donors (Lipinski definition) is 1. The van der Waals surface area contributed by atoms with Crippen molar-refractivity contribution in [3.8, 4) is 0 Å². The summed E-state index contributed by atoms with van der Waals surface area (Å²) in [5.74, 6) is 0. The van der Waals surface area contributed by atoms with Gasteiger partial charge in [0.1, 0.15) is 0 Å². The molecule has 0 saturated heterocycles. The lowest BCUT2D eigenvalue weighted by atomic mass is 10.2. The van der Waals surface area contributed by atoms with Crippen molar-refractivity contribution in [1.82, 2.24) is 0 Å². The molecule has 0 bridgehead atoms.